The fraction of sp³-hybridized carbons (Fsp3) is 0.727. The minimum atomic E-state index is 0.757. The van der Waals surface area contributed by atoms with Crippen molar-refractivity contribution in [1.82, 2.24) is 10.3 Å². The lowest BCUT2D eigenvalue weighted by atomic mass is 10.1. The largest absolute Gasteiger partial charge is 0.427 e. The van der Waals surface area contributed by atoms with E-state index in [1.54, 1.807) is 0 Å². The molecule has 1 aromatic rings. The first kappa shape index (κ1) is 10.5. The lowest BCUT2D eigenvalue weighted by Gasteiger charge is -2.24. The van der Waals surface area contributed by atoms with Gasteiger partial charge in [-0.2, -0.15) is 4.98 Å². The number of aryl methyl sites for hydroxylation is 1. The molecule has 0 radical (unpaired) electrons. The third-order valence-corrected chi connectivity index (χ3v) is 2.85. The van der Waals surface area contributed by atoms with E-state index in [0.29, 0.717) is 0 Å². The molecule has 1 aromatic heterocycles. The molecule has 0 spiro atoms. The number of anilines is 1. The van der Waals surface area contributed by atoms with Crippen molar-refractivity contribution in [3.63, 3.8) is 0 Å². The summed E-state index contributed by atoms with van der Waals surface area (Å²) >= 11 is 0. The average molecular weight is 209 g/mol. The molecule has 0 aliphatic carbocycles. The van der Waals surface area contributed by atoms with Crippen LogP contribution < -0.4 is 10.2 Å². The van der Waals surface area contributed by atoms with E-state index < -0.39 is 0 Å². The van der Waals surface area contributed by atoms with Crippen molar-refractivity contribution < 1.29 is 4.42 Å². The molecule has 1 fully saturated rings. The normalized spacial score (nSPS) is 17.1. The summed E-state index contributed by atoms with van der Waals surface area (Å²) in [5.74, 6) is 0.957. The lowest BCUT2D eigenvalue weighted by Crippen LogP contribution is -2.29. The molecule has 0 saturated carbocycles. The maximum absolute atomic E-state index is 5.75. The molecule has 15 heavy (non-hydrogen) atoms. The monoisotopic (exact) mass is 209 g/mol. The number of oxazole rings is 1. The van der Waals surface area contributed by atoms with Crippen molar-refractivity contribution in [3.8, 4) is 0 Å². The van der Waals surface area contributed by atoms with Gasteiger partial charge in [-0.25, -0.2) is 0 Å². The molecule has 0 amide bonds. The molecule has 0 unspecified atom stereocenters. The van der Waals surface area contributed by atoms with E-state index in [0.717, 1.165) is 37.1 Å². The maximum atomic E-state index is 5.75. The van der Waals surface area contributed by atoms with Crippen molar-refractivity contribution >= 4 is 6.01 Å². The van der Waals surface area contributed by atoms with E-state index in [9.17, 15) is 0 Å². The smallest absolute Gasteiger partial charge is 0.297 e. The molecule has 1 N–H and O–H groups in total. The fourth-order valence-corrected chi connectivity index (χ4v) is 1.96. The summed E-state index contributed by atoms with van der Waals surface area (Å²) in [6, 6.07) is 0.803. The van der Waals surface area contributed by atoms with Crippen molar-refractivity contribution in [3.05, 3.63) is 11.5 Å². The first-order valence-electron chi connectivity index (χ1n) is 5.67. The van der Waals surface area contributed by atoms with Gasteiger partial charge >= 0.3 is 0 Å². The van der Waals surface area contributed by atoms with Crippen LogP contribution in [0.15, 0.2) is 4.42 Å². The molecular formula is C11H19N3O. The van der Waals surface area contributed by atoms with E-state index in [1.807, 2.05) is 14.0 Å². The molecule has 2 heterocycles. The van der Waals surface area contributed by atoms with E-state index in [4.69, 9.17) is 4.42 Å². The minimum Gasteiger partial charge on any atom is -0.427 e. The average Bonchev–Trinajstić information content (AvgIpc) is 2.63. The third-order valence-electron chi connectivity index (χ3n) is 2.85. The second-order valence-corrected chi connectivity index (χ2v) is 4.08. The Hall–Kier alpha value is -1.03. The van der Waals surface area contributed by atoms with E-state index in [2.05, 4.69) is 15.2 Å². The first-order valence-corrected chi connectivity index (χ1v) is 5.67. The van der Waals surface area contributed by atoms with Crippen LogP contribution in [0, 0.1) is 6.92 Å². The Kier molecular flexibility index (Phi) is 3.26. The highest BCUT2D eigenvalue weighted by Crippen LogP contribution is 2.21. The molecule has 2 rings (SSSR count). The Morgan fingerprint density at radius 1 is 1.33 bits per heavy atom. The van der Waals surface area contributed by atoms with E-state index >= 15 is 0 Å². The van der Waals surface area contributed by atoms with Gasteiger partial charge in [0.05, 0.1) is 12.2 Å². The van der Waals surface area contributed by atoms with Crippen LogP contribution in [0.5, 0.6) is 0 Å². The number of hydrogen-bond acceptors (Lipinski definition) is 4. The molecular weight excluding hydrogens is 190 g/mol. The topological polar surface area (TPSA) is 41.3 Å². The Morgan fingerprint density at radius 3 is 2.73 bits per heavy atom. The number of hydrogen-bond donors (Lipinski definition) is 1. The Labute approximate surface area is 90.7 Å². The maximum Gasteiger partial charge on any atom is 0.297 e. The Balaban J connectivity index is 2.10. The van der Waals surface area contributed by atoms with Crippen LogP contribution in [-0.2, 0) is 6.54 Å². The fourth-order valence-electron chi connectivity index (χ4n) is 1.96. The summed E-state index contributed by atoms with van der Waals surface area (Å²) in [6.45, 7) is 4.92. The van der Waals surface area contributed by atoms with Crippen molar-refractivity contribution in [2.45, 2.75) is 32.7 Å². The Morgan fingerprint density at radius 2 is 2.07 bits per heavy atom. The highest BCUT2D eigenvalue weighted by molar-refractivity contribution is 5.30. The van der Waals surface area contributed by atoms with Gasteiger partial charge in [0.2, 0.25) is 0 Å². The quantitative estimate of drug-likeness (QED) is 0.822. The van der Waals surface area contributed by atoms with E-state index in [1.165, 1.54) is 19.3 Å². The van der Waals surface area contributed by atoms with Crippen LogP contribution in [0.3, 0.4) is 0 Å². The van der Waals surface area contributed by atoms with Gasteiger partial charge in [-0.15, -0.1) is 0 Å². The van der Waals surface area contributed by atoms with Crippen LogP contribution >= 0.6 is 0 Å². The summed E-state index contributed by atoms with van der Waals surface area (Å²) in [5, 5.41) is 3.09. The van der Waals surface area contributed by atoms with Crippen LogP contribution in [0.4, 0.5) is 6.01 Å². The predicted octanol–water partition coefficient (Wildman–Crippen LogP) is 1.69. The first-order chi connectivity index (χ1) is 7.31. The second kappa shape index (κ2) is 4.66. The standard InChI is InChI=1S/C11H19N3O/c1-9-10(8-12-2)15-11(13-9)14-6-4-3-5-7-14/h12H,3-8H2,1-2H3. The lowest BCUT2D eigenvalue weighted by molar-refractivity contribution is 0.457. The minimum absolute atomic E-state index is 0.757. The molecule has 1 aliphatic rings. The third kappa shape index (κ3) is 2.31. The molecule has 4 nitrogen and oxygen atoms in total. The van der Waals surface area contributed by atoms with Crippen LogP contribution in [-0.4, -0.2) is 25.1 Å². The molecule has 0 bridgehead atoms. The van der Waals surface area contributed by atoms with Gasteiger partial charge in [0, 0.05) is 13.1 Å². The van der Waals surface area contributed by atoms with Crippen molar-refractivity contribution in [2.24, 2.45) is 0 Å². The zero-order chi connectivity index (χ0) is 10.7. The Bertz CT molecular complexity index is 316. The number of aromatic nitrogens is 1. The highest BCUT2D eigenvalue weighted by Gasteiger charge is 2.17. The van der Waals surface area contributed by atoms with Crippen molar-refractivity contribution in [1.29, 1.82) is 0 Å². The molecule has 1 aliphatic heterocycles. The molecule has 0 atom stereocenters. The zero-order valence-electron chi connectivity index (χ0n) is 9.55. The number of rotatable bonds is 3. The summed E-state index contributed by atoms with van der Waals surface area (Å²) in [4.78, 5) is 6.72. The van der Waals surface area contributed by atoms with E-state index in [-0.39, 0.29) is 0 Å². The van der Waals surface area contributed by atoms with Gasteiger partial charge in [-0.05, 0) is 33.2 Å². The number of nitrogens with zero attached hydrogens (tertiary/aromatic N) is 2. The van der Waals surface area contributed by atoms with Gasteiger partial charge in [0.15, 0.2) is 0 Å². The van der Waals surface area contributed by atoms with Crippen LogP contribution in [0.25, 0.3) is 0 Å². The van der Waals surface area contributed by atoms with Crippen LogP contribution in [0.1, 0.15) is 30.7 Å². The predicted molar refractivity (Wildman–Crippen MR) is 60.1 cm³/mol. The summed E-state index contributed by atoms with van der Waals surface area (Å²) < 4.78 is 5.75. The van der Waals surface area contributed by atoms with Crippen LogP contribution in [0.2, 0.25) is 0 Å². The summed E-state index contributed by atoms with van der Waals surface area (Å²) in [7, 11) is 1.92. The zero-order valence-corrected chi connectivity index (χ0v) is 9.55. The molecule has 1 saturated heterocycles. The molecule has 84 valence electrons. The summed E-state index contributed by atoms with van der Waals surface area (Å²) in [5.41, 5.74) is 1.00. The van der Waals surface area contributed by atoms with Gasteiger partial charge in [0.25, 0.3) is 6.01 Å². The number of piperidine rings is 1. The summed E-state index contributed by atoms with van der Waals surface area (Å²) in [6.07, 6.45) is 3.84. The van der Waals surface area contributed by atoms with Gasteiger partial charge in [0.1, 0.15) is 5.76 Å². The highest BCUT2D eigenvalue weighted by atomic mass is 16.4. The number of nitrogens with one attached hydrogen (secondary N) is 1. The molecule has 0 aromatic carbocycles. The van der Waals surface area contributed by atoms with Gasteiger partial charge in [-0.1, -0.05) is 0 Å². The molecule has 4 heteroatoms. The van der Waals surface area contributed by atoms with Gasteiger partial charge in [-0.3, -0.25) is 0 Å². The van der Waals surface area contributed by atoms with Gasteiger partial charge < -0.3 is 14.6 Å². The SMILES string of the molecule is CNCc1oc(N2CCCCC2)nc1C. The van der Waals surface area contributed by atoms with Crippen molar-refractivity contribution in [2.75, 3.05) is 25.0 Å². The second-order valence-electron chi connectivity index (χ2n) is 4.08.